The highest BCUT2D eigenvalue weighted by Gasteiger charge is 2.01. The Kier molecular flexibility index (Phi) is 4.39. The molecule has 0 spiro atoms. The number of hydrogen-bond acceptors (Lipinski definition) is 2. The molecule has 0 unspecified atom stereocenters. The van der Waals surface area contributed by atoms with Crippen molar-refractivity contribution in [3.8, 4) is 5.75 Å². The van der Waals surface area contributed by atoms with Crippen LogP contribution in [0, 0.1) is 19.7 Å². The quantitative estimate of drug-likeness (QED) is 0.821. The second kappa shape index (κ2) is 6.23. The maximum Gasteiger partial charge on any atom is 0.126 e. The first-order valence-electron chi connectivity index (χ1n) is 6.34. The second-order valence-electron chi connectivity index (χ2n) is 4.55. The Hall–Kier alpha value is -2.03. The number of aryl methyl sites for hydroxylation is 2. The highest BCUT2D eigenvalue weighted by molar-refractivity contribution is 5.44. The molecular weight excluding hydrogens is 241 g/mol. The van der Waals surface area contributed by atoms with Gasteiger partial charge in [-0.3, -0.25) is 0 Å². The number of ether oxygens (including phenoxy) is 1. The van der Waals surface area contributed by atoms with Crippen molar-refractivity contribution in [2.45, 2.75) is 13.8 Å². The van der Waals surface area contributed by atoms with E-state index in [1.165, 1.54) is 17.7 Å². The maximum atomic E-state index is 13.1. The first-order valence-corrected chi connectivity index (χ1v) is 6.34. The van der Waals surface area contributed by atoms with Gasteiger partial charge < -0.3 is 10.1 Å². The molecule has 19 heavy (non-hydrogen) atoms. The van der Waals surface area contributed by atoms with E-state index in [1.54, 1.807) is 6.07 Å². The molecule has 0 aliphatic heterocycles. The maximum absolute atomic E-state index is 13.1. The highest BCUT2D eigenvalue weighted by atomic mass is 19.1. The van der Waals surface area contributed by atoms with Gasteiger partial charge in [0.05, 0.1) is 0 Å². The lowest BCUT2D eigenvalue weighted by Crippen LogP contribution is -2.12. The van der Waals surface area contributed by atoms with Crippen molar-refractivity contribution in [3.63, 3.8) is 0 Å². The van der Waals surface area contributed by atoms with E-state index in [1.807, 2.05) is 19.1 Å². The molecule has 0 amide bonds. The molecule has 3 heteroatoms. The minimum absolute atomic E-state index is 0.271. The largest absolute Gasteiger partial charge is 0.491 e. The zero-order valence-corrected chi connectivity index (χ0v) is 11.2. The molecule has 0 aromatic heterocycles. The first kappa shape index (κ1) is 13.4. The summed E-state index contributed by atoms with van der Waals surface area (Å²) in [5, 5.41) is 3.26. The summed E-state index contributed by atoms with van der Waals surface area (Å²) < 4.78 is 18.6. The van der Waals surface area contributed by atoms with Crippen molar-refractivity contribution in [3.05, 3.63) is 59.4 Å². The van der Waals surface area contributed by atoms with E-state index in [-0.39, 0.29) is 5.82 Å². The zero-order valence-electron chi connectivity index (χ0n) is 11.2. The zero-order chi connectivity index (χ0) is 13.7. The summed E-state index contributed by atoms with van der Waals surface area (Å²) in [5.41, 5.74) is 3.24. The molecule has 0 bridgehead atoms. The van der Waals surface area contributed by atoms with E-state index >= 15 is 0 Å². The van der Waals surface area contributed by atoms with Gasteiger partial charge in [-0.1, -0.05) is 23.8 Å². The second-order valence-corrected chi connectivity index (χ2v) is 4.55. The highest BCUT2D eigenvalue weighted by Crippen LogP contribution is 2.18. The average Bonchev–Trinajstić information content (AvgIpc) is 2.40. The van der Waals surface area contributed by atoms with Crippen LogP contribution >= 0.6 is 0 Å². The SMILES string of the molecule is Cc1ccc(NCCOc2cc(F)ccc2C)cc1. The average molecular weight is 259 g/mol. The van der Waals surface area contributed by atoms with Crippen LogP contribution in [0.1, 0.15) is 11.1 Å². The minimum Gasteiger partial charge on any atom is -0.491 e. The van der Waals surface area contributed by atoms with Crippen LogP contribution < -0.4 is 10.1 Å². The molecule has 0 aliphatic rings. The topological polar surface area (TPSA) is 21.3 Å². The summed E-state index contributed by atoms with van der Waals surface area (Å²) in [6.45, 7) is 5.14. The van der Waals surface area contributed by atoms with Gasteiger partial charge >= 0.3 is 0 Å². The van der Waals surface area contributed by atoms with Crippen molar-refractivity contribution in [2.75, 3.05) is 18.5 Å². The van der Waals surface area contributed by atoms with E-state index < -0.39 is 0 Å². The Balaban J connectivity index is 1.80. The van der Waals surface area contributed by atoms with Gasteiger partial charge in [-0.05, 0) is 37.6 Å². The lowest BCUT2D eigenvalue weighted by Gasteiger charge is -2.10. The van der Waals surface area contributed by atoms with Crippen molar-refractivity contribution >= 4 is 5.69 Å². The summed E-state index contributed by atoms with van der Waals surface area (Å²) in [5.74, 6) is 0.331. The fraction of sp³-hybridized carbons (Fsp3) is 0.250. The monoisotopic (exact) mass is 259 g/mol. The number of hydrogen-bond donors (Lipinski definition) is 1. The molecule has 1 N–H and O–H groups in total. The lowest BCUT2D eigenvalue weighted by atomic mass is 10.2. The van der Waals surface area contributed by atoms with Gasteiger partial charge in [0.25, 0.3) is 0 Å². The fourth-order valence-corrected chi connectivity index (χ4v) is 1.76. The van der Waals surface area contributed by atoms with E-state index in [4.69, 9.17) is 4.74 Å². The molecule has 2 rings (SSSR count). The van der Waals surface area contributed by atoms with E-state index in [0.29, 0.717) is 18.9 Å². The Morgan fingerprint density at radius 1 is 1.05 bits per heavy atom. The van der Waals surface area contributed by atoms with Gasteiger partial charge in [0.2, 0.25) is 0 Å². The Morgan fingerprint density at radius 3 is 2.53 bits per heavy atom. The van der Waals surface area contributed by atoms with E-state index in [9.17, 15) is 4.39 Å². The van der Waals surface area contributed by atoms with Crippen LogP contribution in [0.5, 0.6) is 5.75 Å². The summed E-state index contributed by atoms with van der Waals surface area (Å²) in [6, 6.07) is 12.7. The van der Waals surface area contributed by atoms with Crippen LogP contribution in [0.3, 0.4) is 0 Å². The van der Waals surface area contributed by atoms with Gasteiger partial charge in [0.1, 0.15) is 18.2 Å². The third kappa shape index (κ3) is 3.98. The third-order valence-electron chi connectivity index (χ3n) is 2.89. The van der Waals surface area contributed by atoms with Crippen molar-refractivity contribution in [2.24, 2.45) is 0 Å². The van der Waals surface area contributed by atoms with Crippen LogP contribution in [0.15, 0.2) is 42.5 Å². The standard InChI is InChI=1S/C16H18FNO/c1-12-3-7-15(8-4-12)18-9-10-19-16-11-14(17)6-5-13(16)2/h3-8,11,18H,9-10H2,1-2H3. The van der Waals surface area contributed by atoms with Gasteiger partial charge in [-0.2, -0.15) is 0 Å². The van der Waals surface area contributed by atoms with Crippen LogP contribution in [0.25, 0.3) is 0 Å². The van der Waals surface area contributed by atoms with Gasteiger partial charge in [0, 0.05) is 18.3 Å². The summed E-state index contributed by atoms with van der Waals surface area (Å²) in [4.78, 5) is 0. The Labute approximate surface area is 113 Å². The molecule has 0 saturated heterocycles. The fourth-order valence-electron chi connectivity index (χ4n) is 1.76. The minimum atomic E-state index is -0.271. The molecule has 100 valence electrons. The summed E-state index contributed by atoms with van der Waals surface area (Å²) in [7, 11) is 0. The van der Waals surface area contributed by atoms with Gasteiger partial charge in [-0.15, -0.1) is 0 Å². The number of halogens is 1. The van der Waals surface area contributed by atoms with Gasteiger partial charge in [0.15, 0.2) is 0 Å². The molecule has 0 atom stereocenters. The normalized spacial score (nSPS) is 10.3. The van der Waals surface area contributed by atoms with Crippen molar-refractivity contribution < 1.29 is 9.13 Å². The van der Waals surface area contributed by atoms with Crippen LogP contribution in [-0.2, 0) is 0 Å². The molecule has 0 heterocycles. The third-order valence-corrected chi connectivity index (χ3v) is 2.89. The molecule has 2 aromatic carbocycles. The van der Waals surface area contributed by atoms with Gasteiger partial charge in [-0.25, -0.2) is 4.39 Å². The smallest absolute Gasteiger partial charge is 0.126 e. The molecular formula is C16H18FNO. The van der Waals surface area contributed by atoms with E-state index in [2.05, 4.69) is 24.4 Å². The van der Waals surface area contributed by atoms with Crippen LogP contribution in [-0.4, -0.2) is 13.2 Å². The molecule has 0 saturated carbocycles. The first-order chi connectivity index (χ1) is 9.15. The molecule has 0 aliphatic carbocycles. The number of anilines is 1. The Morgan fingerprint density at radius 2 is 1.79 bits per heavy atom. The predicted molar refractivity (Wildman–Crippen MR) is 76.3 cm³/mol. The molecule has 0 radical (unpaired) electrons. The number of benzene rings is 2. The van der Waals surface area contributed by atoms with Crippen LogP contribution in [0.4, 0.5) is 10.1 Å². The summed E-state index contributed by atoms with van der Waals surface area (Å²) >= 11 is 0. The molecule has 2 aromatic rings. The van der Waals surface area contributed by atoms with E-state index in [0.717, 1.165) is 11.3 Å². The van der Waals surface area contributed by atoms with Crippen LogP contribution in [0.2, 0.25) is 0 Å². The number of nitrogens with one attached hydrogen (secondary N) is 1. The van der Waals surface area contributed by atoms with Crippen molar-refractivity contribution in [1.29, 1.82) is 0 Å². The number of rotatable bonds is 5. The summed E-state index contributed by atoms with van der Waals surface area (Å²) in [6.07, 6.45) is 0. The van der Waals surface area contributed by atoms with Crippen molar-refractivity contribution in [1.82, 2.24) is 0 Å². The Bertz CT molecular complexity index is 537. The molecule has 2 nitrogen and oxygen atoms in total. The molecule has 0 fully saturated rings. The predicted octanol–water partition coefficient (Wildman–Crippen LogP) is 3.93. The lowest BCUT2D eigenvalue weighted by molar-refractivity contribution is 0.328.